The number of carbonyl (C=O) groups is 2. The van der Waals surface area contributed by atoms with Crippen LogP contribution in [0.1, 0.15) is 42.9 Å². The summed E-state index contributed by atoms with van der Waals surface area (Å²) in [4.78, 5) is 30.5. The second kappa shape index (κ2) is 9.47. The Balaban J connectivity index is 1.76. The highest BCUT2D eigenvalue weighted by molar-refractivity contribution is 6.35. The van der Waals surface area contributed by atoms with Gasteiger partial charge in [-0.2, -0.15) is 0 Å². The molecule has 4 rings (SSSR count). The second-order valence-corrected chi connectivity index (χ2v) is 8.20. The summed E-state index contributed by atoms with van der Waals surface area (Å²) in [7, 11) is 3.14. The normalized spacial score (nSPS) is 16.0. The minimum Gasteiger partial charge on any atom is -0.493 e. The van der Waals surface area contributed by atoms with Gasteiger partial charge in [0.2, 0.25) is 0 Å². The highest BCUT2D eigenvalue weighted by Crippen LogP contribution is 2.37. The fraction of sp³-hybridized carbons (Fsp3) is 0.385. The van der Waals surface area contributed by atoms with Crippen molar-refractivity contribution in [2.24, 2.45) is 0 Å². The molecule has 0 saturated carbocycles. The number of ether oxygens (including phenoxy) is 2. The summed E-state index contributed by atoms with van der Waals surface area (Å²) in [6.45, 7) is 3.86. The molecular formula is C26H30N2O4. The zero-order valence-corrected chi connectivity index (χ0v) is 19.0. The van der Waals surface area contributed by atoms with Crippen molar-refractivity contribution in [3.63, 3.8) is 0 Å². The maximum absolute atomic E-state index is 13.5. The van der Waals surface area contributed by atoms with E-state index in [-0.39, 0.29) is 11.8 Å². The number of imide groups is 1. The van der Waals surface area contributed by atoms with Gasteiger partial charge in [0.1, 0.15) is 5.70 Å². The first kappa shape index (κ1) is 21.9. The van der Waals surface area contributed by atoms with Crippen LogP contribution >= 0.6 is 0 Å². The number of benzene rings is 2. The summed E-state index contributed by atoms with van der Waals surface area (Å²) < 4.78 is 10.8. The van der Waals surface area contributed by atoms with Gasteiger partial charge >= 0.3 is 0 Å². The summed E-state index contributed by atoms with van der Waals surface area (Å²) in [5.41, 5.74) is 4.11. The average molecular weight is 435 g/mol. The van der Waals surface area contributed by atoms with Crippen LogP contribution in [0.4, 0.5) is 0 Å². The van der Waals surface area contributed by atoms with E-state index in [1.165, 1.54) is 16.0 Å². The van der Waals surface area contributed by atoms with Gasteiger partial charge in [-0.15, -0.1) is 0 Å². The first-order valence-corrected chi connectivity index (χ1v) is 11.2. The van der Waals surface area contributed by atoms with Crippen LogP contribution in [0.3, 0.4) is 0 Å². The van der Waals surface area contributed by atoms with Crippen molar-refractivity contribution in [2.75, 3.05) is 27.3 Å². The van der Waals surface area contributed by atoms with Crippen molar-refractivity contribution >= 4 is 17.4 Å². The smallest absolute Gasteiger partial charge is 0.277 e. The van der Waals surface area contributed by atoms with Gasteiger partial charge in [-0.3, -0.25) is 14.5 Å². The molecule has 2 aromatic rings. The molecule has 2 aromatic carbocycles. The number of rotatable bonds is 8. The monoisotopic (exact) mass is 434 g/mol. The van der Waals surface area contributed by atoms with E-state index in [0.29, 0.717) is 48.0 Å². The van der Waals surface area contributed by atoms with E-state index in [0.717, 1.165) is 25.7 Å². The topological polar surface area (TPSA) is 59.1 Å². The van der Waals surface area contributed by atoms with Crippen molar-refractivity contribution in [1.29, 1.82) is 0 Å². The van der Waals surface area contributed by atoms with Crippen molar-refractivity contribution in [1.82, 2.24) is 9.80 Å². The quantitative estimate of drug-likeness (QED) is 0.464. The zero-order valence-electron chi connectivity index (χ0n) is 19.0. The molecule has 0 bridgehead atoms. The van der Waals surface area contributed by atoms with Gasteiger partial charge in [0.15, 0.2) is 11.5 Å². The Hall–Kier alpha value is -3.28. The van der Waals surface area contributed by atoms with E-state index >= 15 is 0 Å². The van der Waals surface area contributed by atoms with Gasteiger partial charge in [0.25, 0.3) is 11.8 Å². The molecule has 0 aliphatic carbocycles. The molecule has 32 heavy (non-hydrogen) atoms. The minimum atomic E-state index is -0.229. The molecule has 2 aliphatic heterocycles. The van der Waals surface area contributed by atoms with E-state index < -0.39 is 0 Å². The van der Waals surface area contributed by atoms with Gasteiger partial charge in [-0.05, 0) is 41.7 Å². The van der Waals surface area contributed by atoms with Crippen LogP contribution in [0.25, 0.3) is 5.57 Å². The number of hydrogen-bond donors (Lipinski definition) is 0. The molecule has 168 valence electrons. The molecule has 0 fully saturated rings. The van der Waals surface area contributed by atoms with Gasteiger partial charge in [-0.25, -0.2) is 0 Å². The Morgan fingerprint density at radius 1 is 0.906 bits per heavy atom. The largest absolute Gasteiger partial charge is 0.493 e. The Labute approximate surface area is 189 Å². The molecule has 0 N–H and O–H groups in total. The Bertz CT molecular complexity index is 1060. The van der Waals surface area contributed by atoms with Gasteiger partial charge < -0.3 is 14.4 Å². The molecule has 0 atom stereocenters. The average Bonchev–Trinajstić information content (AvgIpc) is 3.08. The molecule has 0 saturated heterocycles. The van der Waals surface area contributed by atoms with E-state index in [1.807, 2.05) is 18.2 Å². The fourth-order valence-electron chi connectivity index (χ4n) is 4.52. The first-order chi connectivity index (χ1) is 15.6. The highest BCUT2D eigenvalue weighted by Gasteiger charge is 2.42. The lowest BCUT2D eigenvalue weighted by Crippen LogP contribution is -2.37. The number of carbonyl (C=O) groups excluding carboxylic acids is 2. The number of nitrogens with zero attached hydrogens (tertiary/aromatic N) is 2. The summed E-state index contributed by atoms with van der Waals surface area (Å²) in [5, 5.41) is 0. The van der Waals surface area contributed by atoms with Crippen molar-refractivity contribution in [2.45, 2.75) is 39.2 Å². The molecule has 0 aromatic heterocycles. The van der Waals surface area contributed by atoms with Gasteiger partial charge in [-0.1, -0.05) is 50.1 Å². The number of unbranched alkanes of at least 4 members (excludes halogenated alkanes) is 2. The lowest BCUT2D eigenvalue weighted by Gasteiger charge is -2.31. The summed E-state index contributed by atoms with van der Waals surface area (Å²) in [6.07, 6.45) is 3.66. The predicted octanol–water partition coefficient (Wildman–Crippen LogP) is 4.03. The zero-order chi connectivity index (χ0) is 22.7. The summed E-state index contributed by atoms with van der Waals surface area (Å²) >= 11 is 0. The van der Waals surface area contributed by atoms with Crippen LogP contribution in [0.15, 0.2) is 48.2 Å². The third-order valence-corrected chi connectivity index (χ3v) is 6.25. The Morgan fingerprint density at radius 3 is 2.38 bits per heavy atom. The van der Waals surface area contributed by atoms with Crippen molar-refractivity contribution in [3.8, 4) is 11.5 Å². The van der Waals surface area contributed by atoms with Gasteiger partial charge in [0.05, 0.1) is 19.8 Å². The Kier molecular flexibility index (Phi) is 6.49. The van der Waals surface area contributed by atoms with E-state index in [1.54, 1.807) is 26.4 Å². The van der Waals surface area contributed by atoms with Crippen LogP contribution in [-0.2, 0) is 22.6 Å². The number of amides is 2. The third kappa shape index (κ3) is 3.97. The maximum Gasteiger partial charge on any atom is 0.277 e. The third-order valence-electron chi connectivity index (χ3n) is 6.25. The van der Waals surface area contributed by atoms with Crippen molar-refractivity contribution in [3.05, 3.63) is 64.9 Å². The number of hydrogen-bond acceptors (Lipinski definition) is 5. The van der Waals surface area contributed by atoms with E-state index in [2.05, 4.69) is 24.0 Å². The maximum atomic E-state index is 13.5. The fourth-order valence-corrected chi connectivity index (χ4v) is 4.52. The molecular weight excluding hydrogens is 404 g/mol. The first-order valence-electron chi connectivity index (χ1n) is 11.2. The van der Waals surface area contributed by atoms with E-state index in [9.17, 15) is 9.59 Å². The van der Waals surface area contributed by atoms with Crippen LogP contribution in [0, 0.1) is 0 Å². The van der Waals surface area contributed by atoms with Gasteiger partial charge in [0, 0.05) is 19.6 Å². The number of methoxy groups -OCH3 is 2. The summed E-state index contributed by atoms with van der Waals surface area (Å²) in [6, 6.07) is 13.7. The lowest BCUT2D eigenvalue weighted by atomic mass is 9.97. The predicted molar refractivity (Wildman–Crippen MR) is 123 cm³/mol. The highest BCUT2D eigenvalue weighted by atomic mass is 16.5. The minimum absolute atomic E-state index is 0.199. The molecule has 2 amide bonds. The molecule has 0 unspecified atom stereocenters. The molecule has 2 aliphatic rings. The lowest BCUT2D eigenvalue weighted by molar-refractivity contribution is -0.137. The van der Waals surface area contributed by atoms with Crippen LogP contribution in [0.5, 0.6) is 11.5 Å². The van der Waals surface area contributed by atoms with Crippen LogP contribution < -0.4 is 9.47 Å². The molecule has 2 heterocycles. The SMILES string of the molecule is CCCCCN1C(=O)C(c2ccc(OC)c(OC)c2)=C(N2CCc3ccccc3C2)C1=O. The van der Waals surface area contributed by atoms with E-state index in [4.69, 9.17) is 9.47 Å². The Morgan fingerprint density at radius 2 is 1.66 bits per heavy atom. The van der Waals surface area contributed by atoms with Crippen LogP contribution in [-0.4, -0.2) is 48.9 Å². The van der Waals surface area contributed by atoms with Crippen LogP contribution in [0.2, 0.25) is 0 Å². The molecule has 0 spiro atoms. The number of fused-ring (bicyclic) bond motifs is 1. The summed E-state index contributed by atoms with van der Waals surface area (Å²) in [5.74, 6) is 0.690. The molecule has 6 heteroatoms. The second-order valence-electron chi connectivity index (χ2n) is 8.20. The molecule has 0 radical (unpaired) electrons. The molecule has 6 nitrogen and oxygen atoms in total. The standard InChI is InChI=1S/C26H30N2O4/c1-4-5-8-14-28-25(29)23(19-11-12-21(31-2)22(16-19)32-3)24(26(28)30)27-15-13-18-9-6-7-10-20(18)17-27/h6-7,9-12,16H,4-5,8,13-15,17H2,1-3H3. The van der Waals surface area contributed by atoms with Crippen molar-refractivity contribution < 1.29 is 19.1 Å².